The number of nitrogens with zero attached hydrogens (tertiary/aromatic N) is 2. The molecule has 9 heteroatoms. The van der Waals surface area contributed by atoms with Gasteiger partial charge in [-0.2, -0.15) is 0 Å². The second-order valence-electron chi connectivity index (χ2n) is 19.5. The third-order valence-corrected chi connectivity index (χ3v) is 16.3. The molecule has 0 N–H and O–H groups in total. The molecule has 1 saturated heterocycles. The van der Waals surface area contributed by atoms with E-state index in [2.05, 4.69) is 59.4 Å². The van der Waals surface area contributed by atoms with Crippen molar-refractivity contribution < 1.29 is 33.1 Å². The fourth-order valence-electron chi connectivity index (χ4n) is 13.1. The Kier molecular flexibility index (Phi) is 9.23. The lowest BCUT2D eigenvalue weighted by atomic mass is 9.33. The largest absolute Gasteiger partial charge is 0.462 e. The van der Waals surface area contributed by atoms with Crippen LogP contribution in [0.15, 0.2) is 34.5 Å². The fourth-order valence-corrected chi connectivity index (χ4v) is 13.1. The van der Waals surface area contributed by atoms with Crippen molar-refractivity contribution >= 4 is 23.6 Å². The summed E-state index contributed by atoms with van der Waals surface area (Å²) >= 11 is 0. The van der Waals surface area contributed by atoms with Crippen LogP contribution in [0.2, 0.25) is 0 Å². The first kappa shape index (κ1) is 37.4. The van der Waals surface area contributed by atoms with Crippen molar-refractivity contribution in [3.8, 4) is 0 Å². The second kappa shape index (κ2) is 12.8. The zero-order valence-electron chi connectivity index (χ0n) is 33.0. The van der Waals surface area contributed by atoms with Crippen LogP contribution in [0.3, 0.4) is 0 Å². The number of ketones is 1. The topological polar surface area (TPSA) is 106 Å². The average Bonchev–Trinajstić information content (AvgIpc) is 3.52. The number of ether oxygens (including phenoxy) is 2. The Morgan fingerprint density at radius 1 is 0.904 bits per heavy atom. The van der Waals surface area contributed by atoms with Crippen LogP contribution in [0.4, 0.5) is 0 Å². The van der Waals surface area contributed by atoms with Gasteiger partial charge in [-0.3, -0.25) is 19.3 Å². The summed E-state index contributed by atoms with van der Waals surface area (Å²) in [6.45, 7) is 20.7. The Labute approximate surface area is 310 Å². The van der Waals surface area contributed by atoms with Crippen LogP contribution in [0.25, 0.3) is 0 Å². The number of esters is 2. The van der Waals surface area contributed by atoms with E-state index in [-0.39, 0.29) is 81.1 Å². The van der Waals surface area contributed by atoms with Crippen molar-refractivity contribution in [1.29, 1.82) is 0 Å². The van der Waals surface area contributed by atoms with Crippen molar-refractivity contribution in [2.24, 2.45) is 50.2 Å². The Balaban J connectivity index is 1.10. The molecule has 0 unspecified atom stereocenters. The highest BCUT2D eigenvalue weighted by molar-refractivity contribution is 5.96. The first-order valence-electron chi connectivity index (χ1n) is 20.0. The highest BCUT2D eigenvalue weighted by Gasteiger charge is 2.70. The van der Waals surface area contributed by atoms with E-state index < -0.39 is 11.4 Å². The predicted molar refractivity (Wildman–Crippen MR) is 197 cm³/mol. The normalized spacial score (nSPS) is 41.7. The van der Waals surface area contributed by atoms with Gasteiger partial charge in [0.15, 0.2) is 5.78 Å². The minimum Gasteiger partial charge on any atom is -0.462 e. The van der Waals surface area contributed by atoms with E-state index in [1.54, 1.807) is 12.1 Å². The molecule has 9 nitrogen and oxygen atoms in total. The van der Waals surface area contributed by atoms with Crippen LogP contribution in [0.5, 0.6) is 0 Å². The molecule has 0 bridgehead atoms. The number of amides is 1. The zero-order valence-corrected chi connectivity index (χ0v) is 33.0. The predicted octanol–water partition coefficient (Wildman–Crippen LogP) is 7.84. The fraction of sp³-hybridized carbons (Fsp3) is 0.767. The molecule has 1 aliphatic heterocycles. The molecule has 286 valence electrons. The van der Waals surface area contributed by atoms with Gasteiger partial charge < -0.3 is 18.8 Å². The Morgan fingerprint density at radius 2 is 1.65 bits per heavy atom. The summed E-state index contributed by atoms with van der Waals surface area (Å²) in [5.41, 5.74) is 0.178. The number of rotatable bonds is 5. The summed E-state index contributed by atoms with van der Waals surface area (Å²) in [6.07, 6.45) is 12.7. The third kappa shape index (κ3) is 5.72. The molecule has 1 aromatic heterocycles. The third-order valence-electron chi connectivity index (χ3n) is 16.3. The molecule has 9 atom stereocenters. The number of fused-ring (bicyclic) bond motifs is 7. The quantitative estimate of drug-likeness (QED) is 0.284. The Bertz CT molecular complexity index is 1630. The maximum Gasteiger partial charge on any atom is 0.375 e. The van der Waals surface area contributed by atoms with Crippen LogP contribution in [0, 0.1) is 50.2 Å². The monoisotopic (exact) mass is 718 g/mol. The molecular weight excluding hydrogens is 656 g/mol. The number of carbonyl (C=O) groups is 4. The lowest BCUT2D eigenvalue weighted by Gasteiger charge is -2.70. The molecular formula is C43H62N2O7. The van der Waals surface area contributed by atoms with Crippen LogP contribution in [0.1, 0.15) is 130 Å². The summed E-state index contributed by atoms with van der Waals surface area (Å²) in [5, 5.41) is 0. The number of allylic oxidation sites excluding steroid dienone is 2. The van der Waals surface area contributed by atoms with E-state index in [1.807, 2.05) is 4.90 Å². The first-order chi connectivity index (χ1) is 24.4. The van der Waals surface area contributed by atoms with Crippen molar-refractivity contribution in [3.05, 3.63) is 35.8 Å². The number of furan rings is 1. The first-order valence-corrected chi connectivity index (χ1v) is 20.0. The van der Waals surface area contributed by atoms with E-state index in [0.717, 1.165) is 70.8 Å². The maximum atomic E-state index is 14.8. The van der Waals surface area contributed by atoms with E-state index in [9.17, 15) is 19.2 Å². The Hall–Kier alpha value is -2.94. The molecule has 0 aromatic carbocycles. The summed E-state index contributed by atoms with van der Waals surface area (Å²) in [5.74, 6) is 0.391. The van der Waals surface area contributed by atoms with Gasteiger partial charge in [-0.25, -0.2) is 4.79 Å². The van der Waals surface area contributed by atoms with Crippen LogP contribution >= 0.6 is 0 Å². The van der Waals surface area contributed by atoms with E-state index in [4.69, 9.17) is 13.9 Å². The summed E-state index contributed by atoms with van der Waals surface area (Å²) < 4.78 is 16.6. The van der Waals surface area contributed by atoms with Crippen molar-refractivity contribution in [2.75, 3.05) is 32.9 Å². The van der Waals surface area contributed by atoms with Gasteiger partial charge in [-0.1, -0.05) is 54.0 Å². The van der Waals surface area contributed by atoms with Crippen molar-refractivity contribution in [2.45, 2.75) is 126 Å². The van der Waals surface area contributed by atoms with Gasteiger partial charge in [0.2, 0.25) is 11.7 Å². The average molecular weight is 719 g/mol. The molecule has 1 amide bonds. The van der Waals surface area contributed by atoms with Gasteiger partial charge >= 0.3 is 11.9 Å². The van der Waals surface area contributed by atoms with Gasteiger partial charge in [0, 0.05) is 49.9 Å². The summed E-state index contributed by atoms with van der Waals surface area (Å²) in [4.78, 5) is 58.0. The molecule has 0 radical (unpaired) electrons. The minimum atomic E-state index is -0.506. The van der Waals surface area contributed by atoms with Gasteiger partial charge in [-0.05, 0) is 116 Å². The summed E-state index contributed by atoms with van der Waals surface area (Å²) in [7, 11) is 0. The lowest BCUT2D eigenvalue weighted by Crippen LogP contribution is -2.66. The molecule has 2 heterocycles. The molecule has 6 aliphatic rings. The minimum absolute atomic E-state index is 0.0627. The number of hydrogen-bond donors (Lipinski definition) is 0. The SMILES string of the molecule is CC(=O)O[C@H]1CC[C@]2(C)[C@H]3C(=O)C=C4[C@@H]5C[C@](C)(C(=O)N6CCCN(COC(=O)c7ccco7)CC6)CC[C@]5(C)CC[C@@]4(C)[C@]3(C)CC[C@H]2C1(C)C. The summed E-state index contributed by atoms with van der Waals surface area (Å²) in [6, 6.07) is 3.26. The molecule has 5 aliphatic carbocycles. The Morgan fingerprint density at radius 3 is 2.37 bits per heavy atom. The smallest absolute Gasteiger partial charge is 0.375 e. The van der Waals surface area contributed by atoms with Gasteiger partial charge in [0.1, 0.15) is 12.8 Å². The molecule has 0 spiro atoms. The number of hydrogen-bond acceptors (Lipinski definition) is 8. The van der Waals surface area contributed by atoms with Crippen LogP contribution < -0.4 is 0 Å². The molecule has 52 heavy (non-hydrogen) atoms. The van der Waals surface area contributed by atoms with Gasteiger partial charge in [-0.15, -0.1) is 0 Å². The van der Waals surface area contributed by atoms with E-state index in [0.29, 0.717) is 19.6 Å². The highest BCUT2D eigenvalue weighted by atomic mass is 16.6. The maximum absolute atomic E-state index is 14.8. The molecule has 4 saturated carbocycles. The van der Waals surface area contributed by atoms with Gasteiger partial charge in [0.25, 0.3) is 0 Å². The second-order valence-corrected chi connectivity index (χ2v) is 19.5. The van der Waals surface area contributed by atoms with Crippen molar-refractivity contribution in [1.82, 2.24) is 9.80 Å². The lowest BCUT2D eigenvalue weighted by molar-refractivity contribution is -0.210. The van der Waals surface area contributed by atoms with Crippen LogP contribution in [-0.4, -0.2) is 72.4 Å². The van der Waals surface area contributed by atoms with E-state index >= 15 is 0 Å². The van der Waals surface area contributed by atoms with Gasteiger partial charge in [0.05, 0.1) is 6.26 Å². The zero-order chi connectivity index (χ0) is 37.5. The highest BCUT2D eigenvalue weighted by Crippen LogP contribution is 2.75. The molecule has 7 rings (SSSR count). The van der Waals surface area contributed by atoms with E-state index in [1.165, 1.54) is 18.8 Å². The van der Waals surface area contributed by atoms with Crippen molar-refractivity contribution in [3.63, 3.8) is 0 Å². The molecule has 1 aromatic rings. The number of carbonyl (C=O) groups excluding carboxylic acids is 4. The van der Waals surface area contributed by atoms with Crippen LogP contribution in [-0.2, 0) is 23.9 Å². The molecule has 5 fully saturated rings. The standard InChI is InChI=1S/C43H62N2O7/c1-28(46)52-34-13-14-41(6)33(38(34,2)3)12-15-43(8)35(41)31(47)25-29-30-26-40(5,17-16-39(30,4)18-19-42(29,43)7)37(49)45-21-10-20-44(22-23-45)27-51-36(48)32-11-9-24-50-32/h9,11,24-25,30,33-35H,10,12-23,26-27H2,1-8H3/t30-,33-,34-,35+,39+,40+,41-,42+,43+/m0/s1.